The van der Waals surface area contributed by atoms with Crippen LogP contribution in [0.4, 0.5) is 0 Å². The summed E-state index contributed by atoms with van der Waals surface area (Å²) in [5, 5.41) is 12.8. The lowest BCUT2D eigenvalue weighted by atomic mass is 9.99. The molecule has 0 saturated heterocycles. The molecule has 0 unspecified atom stereocenters. The fourth-order valence-electron chi connectivity index (χ4n) is 2.42. The van der Waals surface area contributed by atoms with Gasteiger partial charge in [0, 0.05) is 22.8 Å². The number of aromatic carboxylic acids is 1. The molecular weight excluding hydrogens is 358 g/mol. The van der Waals surface area contributed by atoms with E-state index in [4.69, 9.17) is 16.1 Å². The van der Waals surface area contributed by atoms with E-state index in [0.29, 0.717) is 0 Å². The van der Waals surface area contributed by atoms with Crippen molar-refractivity contribution in [2.24, 2.45) is 0 Å². The number of carboxylic acid groups (broad SMARTS) is 1. The largest absolute Gasteiger partial charge is 0.476 e. The molecule has 7 nitrogen and oxygen atoms in total. The Morgan fingerprint density at radius 1 is 1.33 bits per heavy atom. The van der Waals surface area contributed by atoms with Gasteiger partial charge < -0.3 is 9.63 Å². The highest BCUT2D eigenvalue weighted by Gasteiger charge is 2.38. The van der Waals surface area contributed by atoms with Crippen LogP contribution in [0, 0.1) is 0 Å². The average Bonchev–Trinajstić information content (AvgIpc) is 3.23. The molecule has 1 heterocycles. The SMILES string of the molecule is CS(=O)(=O)c1cc(Cl)ccc1C(=O)c1c(C(=O)O)noc1C1CC1. The standard InChI is InChI=1S/C15H12ClNO6S/c1-24(21,22)10-6-8(16)4-5-9(10)13(18)11-12(15(19)20)17-23-14(11)7-2-3-7/h4-7H,2-3H2,1H3,(H,19,20). The zero-order valence-corrected chi connectivity index (χ0v) is 14.0. The fraction of sp³-hybridized carbons (Fsp3) is 0.267. The average molecular weight is 370 g/mol. The topological polar surface area (TPSA) is 115 Å². The summed E-state index contributed by atoms with van der Waals surface area (Å²) < 4.78 is 29.0. The van der Waals surface area contributed by atoms with Crippen molar-refractivity contribution in [1.29, 1.82) is 0 Å². The van der Waals surface area contributed by atoms with E-state index in [2.05, 4.69) is 5.16 Å². The molecule has 1 saturated carbocycles. The smallest absolute Gasteiger partial charge is 0.358 e. The van der Waals surface area contributed by atoms with Crippen LogP contribution in [0.25, 0.3) is 0 Å². The van der Waals surface area contributed by atoms with E-state index in [1.807, 2.05) is 0 Å². The third kappa shape index (κ3) is 2.94. The molecule has 0 radical (unpaired) electrons. The molecule has 126 valence electrons. The van der Waals surface area contributed by atoms with Gasteiger partial charge in [0.25, 0.3) is 0 Å². The predicted molar refractivity (Wildman–Crippen MR) is 83.4 cm³/mol. The third-order valence-electron chi connectivity index (χ3n) is 3.68. The van der Waals surface area contributed by atoms with Gasteiger partial charge in [-0.2, -0.15) is 0 Å². The van der Waals surface area contributed by atoms with Gasteiger partial charge in [-0.1, -0.05) is 16.8 Å². The van der Waals surface area contributed by atoms with Crippen molar-refractivity contribution in [2.75, 3.05) is 6.26 Å². The summed E-state index contributed by atoms with van der Waals surface area (Å²) in [5.41, 5.74) is -0.872. The first-order chi connectivity index (χ1) is 11.2. The predicted octanol–water partition coefficient (Wildman–Crippen LogP) is 2.54. The molecule has 1 aromatic carbocycles. The van der Waals surface area contributed by atoms with Gasteiger partial charge >= 0.3 is 5.97 Å². The number of halogens is 1. The number of aromatic nitrogens is 1. The second-order valence-corrected chi connectivity index (χ2v) is 8.01. The van der Waals surface area contributed by atoms with Crippen molar-refractivity contribution in [3.63, 3.8) is 0 Å². The van der Waals surface area contributed by atoms with Crippen molar-refractivity contribution >= 4 is 33.2 Å². The lowest BCUT2D eigenvalue weighted by Crippen LogP contribution is -2.14. The molecule has 1 aliphatic rings. The van der Waals surface area contributed by atoms with Gasteiger partial charge in [0.05, 0.1) is 4.90 Å². The van der Waals surface area contributed by atoms with Crippen molar-refractivity contribution in [1.82, 2.24) is 5.16 Å². The highest BCUT2D eigenvalue weighted by molar-refractivity contribution is 7.90. The maximum Gasteiger partial charge on any atom is 0.358 e. The Morgan fingerprint density at radius 3 is 2.54 bits per heavy atom. The summed E-state index contributed by atoms with van der Waals surface area (Å²) in [5.74, 6) is -2.05. The second kappa shape index (κ2) is 5.71. The van der Waals surface area contributed by atoms with Crippen LogP contribution in [0.5, 0.6) is 0 Å². The summed E-state index contributed by atoms with van der Waals surface area (Å²) in [7, 11) is -3.75. The number of carbonyl (C=O) groups excluding carboxylic acids is 1. The van der Waals surface area contributed by atoms with Gasteiger partial charge in [0.2, 0.25) is 5.69 Å². The fourth-order valence-corrected chi connectivity index (χ4v) is 3.56. The van der Waals surface area contributed by atoms with Crippen molar-refractivity contribution in [2.45, 2.75) is 23.7 Å². The highest BCUT2D eigenvalue weighted by atomic mass is 35.5. The number of hydrogen-bond donors (Lipinski definition) is 1. The normalized spacial score (nSPS) is 14.6. The summed E-state index contributed by atoms with van der Waals surface area (Å²) in [6.45, 7) is 0. The number of carboxylic acids is 1. The Kier molecular flexibility index (Phi) is 3.97. The number of benzene rings is 1. The molecule has 1 fully saturated rings. The first kappa shape index (κ1) is 16.7. The lowest BCUT2D eigenvalue weighted by molar-refractivity contribution is 0.0682. The number of hydrogen-bond acceptors (Lipinski definition) is 6. The molecule has 24 heavy (non-hydrogen) atoms. The molecule has 1 aromatic heterocycles. The van der Waals surface area contributed by atoms with Crippen LogP contribution >= 0.6 is 11.6 Å². The van der Waals surface area contributed by atoms with Gasteiger partial charge in [-0.25, -0.2) is 13.2 Å². The Hall–Kier alpha value is -2.19. The van der Waals surface area contributed by atoms with E-state index in [0.717, 1.165) is 25.2 Å². The minimum atomic E-state index is -3.75. The summed E-state index contributed by atoms with van der Waals surface area (Å²) in [6.07, 6.45) is 2.46. The van der Waals surface area contributed by atoms with Gasteiger partial charge in [-0.15, -0.1) is 0 Å². The van der Waals surface area contributed by atoms with Crippen LogP contribution in [0.15, 0.2) is 27.6 Å². The third-order valence-corrected chi connectivity index (χ3v) is 5.06. The minimum Gasteiger partial charge on any atom is -0.476 e. The lowest BCUT2D eigenvalue weighted by Gasteiger charge is -2.08. The summed E-state index contributed by atoms with van der Waals surface area (Å²) in [6, 6.07) is 3.79. The molecule has 9 heteroatoms. The number of ketones is 1. The van der Waals surface area contributed by atoms with Gasteiger partial charge in [-0.05, 0) is 31.0 Å². The quantitative estimate of drug-likeness (QED) is 0.805. The Bertz CT molecular complexity index is 958. The molecule has 0 amide bonds. The Labute approximate surface area is 142 Å². The van der Waals surface area contributed by atoms with Crippen molar-refractivity contribution in [3.05, 3.63) is 45.8 Å². The maximum atomic E-state index is 12.9. The molecule has 0 spiro atoms. The summed E-state index contributed by atoms with van der Waals surface area (Å²) in [4.78, 5) is 24.0. The Balaban J connectivity index is 2.21. The van der Waals surface area contributed by atoms with Crippen LogP contribution in [0.1, 0.15) is 50.9 Å². The Morgan fingerprint density at radius 2 is 2.00 bits per heavy atom. The first-order valence-corrected chi connectivity index (χ1v) is 9.24. The van der Waals surface area contributed by atoms with Gasteiger partial charge in [0.15, 0.2) is 21.4 Å². The van der Waals surface area contributed by atoms with E-state index in [1.165, 1.54) is 12.1 Å². The number of rotatable bonds is 5. The molecular formula is C15H12ClNO6S. The van der Waals surface area contributed by atoms with E-state index < -0.39 is 27.3 Å². The van der Waals surface area contributed by atoms with Crippen LogP contribution < -0.4 is 0 Å². The van der Waals surface area contributed by atoms with E-state index in [9.17, 15) is 23.1 Å². The van der Waals surface area contributed by atoms with E-state index in [-0.39, 0.29) is 32.7 Å². The van der Waals surface area contributed by atoms with Crippen LogP contribution in [0.2, 0.25) is 5.02 Å². The number of nitrogens with zero attached hydrogens (tertiary/aromatic N) is 1. The summed E-state index contributed by atoms with van der Waals surface area (Å²) >= 11 is 5.83. The van der Waals surface area contributed by atoms with Crippen LogP contribution in [-0.2, 0) is 9.84 Å². The second-order valence-electron chi connectivity index (χ2n) is 5.59. The number of sulfone groups is 1. The van der Waals surface area contributed by atoms with Gasteiger partial charge in [0.1, 0.15) is 5.56 Å². The molecule has 1 aliphatic carbocycles. The zero-order chi connectivity index (χ0) is 17.6. The molecule has 0 atom stereocenters. The first-order valence-electron chi connectivity index (χ1n) is 6.97. The van der Waals surface area contributed by atoms with E-state index >= 15 is 0 Å². The van der Waals surface area contributed by atoms with Crippen molar-refractivity contribution in [3.8, 4) is 0 Å². The highest BCUT2D eigenvalue weighted by Crippen LogP contribution is 2.43. The van der Waals surface area contributed by atoms with Gasteiger partial charge in [-0.3, -0.25) is 4.79 Å². The molecule has 3 rings (SSSR count). The minimum absolute atomic E-state index is 0.0708. The van der Waals surface area contributed by atoms with E-state index in [1.54, 1.807) is 0 Å². The monoisotopic (exact) mass is 369 g/mol. The van der Waals surface area contributed by atoms with Crippen molar-refractivity contribution < 1.29 is 27.6 Å². The zero-order valence-electron chi connectivity index (χ0n) is 12.4. The maximum absolute atomic E-state index is 12.9. The number of carbonyl (C=O) groups is 2. The molecule has 0 bridgehead atoms. The van der Waals surface area contributed by atoms with Crippen LogP contribution in [-0.4, -0.2) is 36.7 Å². The molecule has 2 aromatic rings. The molecule has 1 N–H and O–H groups in total. The van der Waals surface area contributed by atoms with Crippen LogP contribution in [0.3, 0.4) is 0 Å². The molecule has 0 aliphatic heterocycles.